The largest absolute Gasteiger partial charge is 0.490 e. The lowest BCUT2D eigenvalue weighted by atomic mass is 10.2. The first-order valence-electron chi connectivity index (χ1n) is 4.69. The molecule has 3 heteroatoms. The maximum Gasteiger partial charge on any atom is 0.135 e. The van der Waals surface area contributed by atoms with Crippen LogP contribution in [-0.4, -0.2) is 17.8 Å². The summed E-state index contributed by atoms with van der Waals surface area (Å²) in [5.41, 5.74) is 0.456. The van der Waals surface area contributed by atoms with Gasteiger partial charge in [0.25, 0.3) is 0 Å². The van der Waals surface area contributed by atoms with Gasteiger partial charge in [0.2, 0.25) is 0 Å². The molecule has 0 aliphatic rings. The van der Waals surface area contributed by atoms with E-state index in [0.29, 0.717) is 11.3 Å². The number of aliphatic hydroxyl groups is 1. The van der Waals surface area contributed by atoms with Crippen molar-refractivity contribution >= 4 is 0 Å². The van der Waals surface area contributed by atoms with Crippen molar-refractivity contribution in [3.63, 3.8) is 0 Å². The molecule has 0 aromatic heterocycles. The summed E-state index contributed by atoms with van der Waals surface area (Å²) >= 11 is 0. The SMILES string of the molecule is CC(C)Oc1ccc(F)cc1C#CCO. The molecule has 1 N–H and O–H groups in total. The van der Waals surface area contributed by atoms with Crippen LogP contribution < -0.4 is 4.74 Å². The average molecular weight is 208 g/mol. The minimum atomic E-state index is -0.367. The fraction of sp³-hybridized carbons (Fsp3) is 0.333. The zero-order valence-electron chi connectivity index (χ0n) is 8.75. The molecule has 2 nitrogen and oxygen atoms in total. The Balaban J connectivity index is 3.03. The molecular formula is C12H13FO2. The number of halogens is 1. The second-order valence-electron chi connectivity index (χ2n) is 3.27. The van der Waals surface area contributed by atoms with Gasteiger partial charge in [-0.3, -0.25) is 0 Å². The number of hydrogen-bond donors (Lipinski definition) is 1. The molecule has 1 aromatic carbocycles. The van der Waals surface area contributed by atoms with Gasteiger partial charge < -0.3 is 9.84 Å². The van der Waals surface area contributed by atoms with E-state index < -0.39 is 0 Å². The van der Waals surface area contributed by atoms with Crippen molar-refractivity contribution in [1.82, 2.24) is 0 Å². The van der Waals surface area contributed by atoms with Crippen LogP contribution in [0, 0.1) is 17.7 Å². The zero-order valence-corrected chi connectivity index (χ0v) is 8.75. The van der Waals surface area contributed by atoms with Crippen LogP contribution in [0.5, 0.6) is 5.75 Å². The number of ether oxygens (including phenoxy) is 1. The van der Waals surface area contributed by atoms with Crippen molar-refractivity contribution in [2.45, 2.75) is 20.0 Å². The van der Waals surface area contributed by atoms with Gasteiger partial charge >= 0.3 is 0 Å². The molecule has 0 atom stereocenters. The second kappa shape index (κ2) is 5.38. The van der Waals surface area contributed by atoms with E-state index in [9.17, 15) is 4.39 Å². The van der Waals surface area contributed by atoms with E-state index in [4.69, 9.17) is 9.84 Å². The van der Waals surface area contributed by atoms with Crippen molar-refractivity contribution < 1.29 is 14.2 Å². The van der Waals surface area contributed by atoms with Crippen LogP contribution in [0.3, 0.4) is 0 Å². The molecule has 0 spiro atoms. The van der Waals surface area contributed by atoms with E-state index in [1.807, 2.05) is 13.8 Å². The maximum atomic E-state index is 12.9. The third-order valence-electron chi connectivity index (χ3n) is 1.61. The molecule has 15 heavy (non-hydrogen) atoms. The Kier molecular flexibility index (Phi) is 4.14. The summed E-state index contributed by atoms with van der Waals surface area (Å²) in [5, 5.41) is 8.56. The Hall–Kier alpha value is -1.53. The highest BCUT2D eigenvalue weighted by molar-refractivity contribution is 5.46. The lowest BCUT2D eigenvalue weighted by molar-refractivity contribution is 0.241. The van der Waals surface area contributed by atoms with Crippen LogP contribution >= 0.6 is 0 Å². The lowest BCUT2D eigenvalue weighted by Crippen LogP contribution is -2.06. The fourth-order valence-corrected chi connectivity index (χ4v) is 1.09. The highest BCUT2D eigenvalue weighted by atomic mass is 19.1. The average Bonchev–Trinajstić information content (AvgIpc) is 2.18. The van der Waals surface area contributed by atoms with Crippen molar-refractivity contribution in [2.24, 2.45) is 0 Å². The summed E-state index contributed by atoms with van der Waals surface area (Å²) in [6, 6.07) is 4.15. The van der Waals surface area contributed by atoms with Crippen LogP contribution in [0.1, 0.15) is 19.4 Å². The van der Waals surface area contributed by atoms with E-state index in [-0.39, 0.29) is 18.5 Å². The maximum absolute atomic E-state index is 12.9. The summed E-state index contributed by atoms with van der Waals surface area (Å²) in [6.45, 7) is 3.51. The first kappa shape index (κ1) is 11.5. The highest BCUT2D eigenvalue weighted by Crippen LogP contribution is 2.19. The van der Waals surface area contributed by atoms with Gasteiger partial charge in [0, 0.05) is 0 Å². The molecule has 0 heterocycles. The molecule has 0 aliphatic carbocycles. The third kappa shape index (κ3) is 3.61. The smallest absolute Gasteiger partial charge is 0.135 e. The highest BCUT2D eigenvalue weighted by Gasteiger charge is 2.04. The molecule has 0 aliphatic heterocycles. The van der Waals surface area contributed by atoms with Crippen molar-refractivity contribution in [3.05, 3.63) is 29.6 Å². The van der Waals surface area contributed by atoms with Gasteiger partial charge in [-0.15, -0.1) is 0 Å². The van der Waals surface area contributed by atoms with Gasteiger partial charge in [-0.2, -0.15) is 0 Å². The minimum Gasteiger partial charge on any atom is -0.490 e. The van der Waals surface area contributed by atoms with Crippen molar-refractivity contribution in [2.75, 3.05) is 6.61 Å². The molecule has 0 saturated heterocycles. The summed E-state index contributed by atoms with van der Waals surface area (Å²) in [6.07, 6.45) is 0.00476. The number of hydrogen-bond acceptors (Lipinski definition) is 2. The van der Waals surface area contributed by atoms with Crippen molar-refractivity contribution in [1.29, 1.82) is 0 Å². The van der Waals surface area contributed by atoms with Gasteiger partial charge in [-0.05, 0) is 32.0 Å². The summed E-state index contributed by atoms with van der Waals surface area (Å²) in [5.74, 6) is 5.28. The first-order valence-corrected chi connectivity index (χ1v) is 4.69. The molecule has 0 unspecified atom stereocenters. The molecule has 1 aromatic rings. The van der Waals surface area contributed by atoms with E-state index in [1.165, 1.54) is 18.2 Å². The normalized spacial score (nSPS) is 9.67. The second-order valence-corrected chi connectivity index (χ2v) is 3.27. The molecule has 0 amide bonds. The van der Waals surface area contributed by atoms with E-state index in [2.05, 4.69) is 11.8 Å². The van der Waals surface area contributed by atoms with Crippen molar-refractivity contribution in [3.8, 4) is 17.6 Å². The Bertz CT molecular complexity index is 388. The number of rotatable bonds is 2. The molecule has 1 rings (SSSR count). The standard InChI is InChI=1S/C12H13FO2/c1-9(2)15-12-6-5-11(13)8-10(12)4-3-7-14/h5-6,8-9,14H,7H2,1-2H3. The first-order chi connectivity index (χ1) is 7.13. The molecule has 0 bridgehead atoms. The monoisotopic (exact) mass is 208 g/mol. The van der Waals surface area contributed by atoms with Gasteiger partial charge in [0.1, 0.15) is 18.2 Å². The molecule has 0 saturated carbocycles. The van der Waals surface area contributed by atoms with Crippen LogP contribution in [0.2, 0.25) is 0 Å². The van der Waals surface area contributed by atoms with Gasteiger partial charge in [0.05, 0.1) is 11.7 Å². The Labute approximate surface area is 88.7 Å². The van der Waals surface area contributed by atoms with Crippen LogP contribution in [0.15, 0.2) is 18.2 Å². The topological polar surface area (TPSA) is 29.5 Å². The molecule has 0 radical (unpaired) electrons. The van der Waals surface area contributed by atoms with Crippen LogP contribution in [-0.2, 0) is 0 Å². The molecular weight excluding hydrogens is 195 g/mol. The fourth-order valence-electron chi connectivity index (χ4n) is 1.09. The lowest BCUT2D eigenvalue weighted by Gasteiger charge is -2.11. The van der Waals surface area contributed by atoms with Gasteiger partial charge in [0.15, 0.2) is 0 Å². The number of benzene rings is 1. The summed E-state index contributed by atoms with van der Waals surface area (Å²) < 4.78 is 18.4. The predicted molar refractivity (Wildman–Crippen MR) is 56.1 cm³/mol. The van der Waals surface area contributed by atoms with Gasteiger partial charge in [-0.1, -0.05) is 11.8 Å². The Morgan fingerprint density at radius 2 is 2.20 bits per heavy atom. The van der Waals surface area contributed by atoms with Gasteiger partial charge in [-0.25, -0.2) is 4.39 Å². The predicted octanol–water partition coefficient (Wildman–Crippen LogP) is 1.96. The minimum absolute atomic E-state index is 0.00476. The quantitative estimate of drug-likeness (QED) is 0.753. The van der Waals surface area contributed by atoms with E-state index in [0.717, 1.165) is 0 Å². The Morgan fingerprint density at radius 1 is 1.47 bits per heavy atom. The third-order valence-corrected chi connectivity index (χ3v) is 1.61. The van der Waals surface area contributed by atoms with Crippen LogP contribution in [0.25, 0.3) is 0 Å². The van der Waals surface area contributed by atoms with Crippen LogP contribution in [0.4, 0.5) is 4.39 Å². The number of aliphatic hydroxyl groups excluding tert-OH is 1. The summed E-state index contributed by atoms with van der Waals surface area (Å²) in [4.78, 5) is 0. The zero-order chi connectivity index (χ0) is 11.3. The molecule has 0 fully saturated rings. The van der Waals surface area contributed by atoms with E-state index in [1.54, 1.807) is 0 Å². The van der Waals surface area contributed by atoms with E-state index >= 15 is 0 Å². The Morgan fingerprint density at radius 3 is 2.80 bits per heavy atom. The molecule has 80 valence electrons. The summed E-state index contributed by atoms with van der Waals surface area (Å²) in [7, 11) is 0.